The van der Waals surface area contributed by atoms with E-state index in [1.54, 1.807) is 18.5 Å². The molecule has 0 bridgehead atoms. The average molecular weight is 220 g/mol. The van der Waals surface area contributed by atoms with E-state index >= 15 is 0 Å². The van der Waals surface area contributed by atoms with Crippen LogP contribution in [0.5, 0.6) is 0 Å². The lowest BCUT2D eigenvalue weighted by atomic mass is 10.3. The standard InChI is InChI=1S/C12H13FN2O/c1-9-4-6-16-12(9)8-14-7-11-10(13)3-2-5-15-11/h2-6,14H,7-8H2,1H3. The molecule has 3 nitrogen and oxygen atoms in total. The van der Waals surface area contributed by atoms with Gasteiger partial charge in [-0.2, -0.15) is 0 Å². The number of halogens is 1. The Kier molecular flexibility index (Phi) is 3.31. The third-order valence-electron chi connectivity index (χ3n) is 2.38. The van der Waals surface area contributed by atoms with Gasteiger partial charge in [-0.15, -0.1) is 0 Å². The van der Waals surface area contributed by atoms with Crippen LogP contribution in [0.3, 0.4) is 0 Å². The summed E-state index contributed by atoms with van der Waals surface area (Å²) < 4.78 is 18.5. The molecule has 2 aromatic heterocycles. The first-order valence-corrected chi connectivity index (χ1v) is 5.10. The van der Waals surface area contributed by atoms with Crippen LogP contribution in [-0.2, 0) is 13.1 Å². The van der Waals surface area contributed by atoms with Gasteiger partial charge in [0.25, 0.3) is 0 Å². The summed E-state index contributed by atoms with van der Waals surface area (Å²) in [7, 11) is 0. The van der Waals surface area contributed by atoms with Crippen molar-refractivity contribution in [2.45, 2.75) is 20.0 Å². The van der Waals surface area contributed by atoms with E-state index in [1.165, 1.54) is 6.07 Å². The second-order valence-electron chi connectivity index (χ2n) is 3.56. The maximum absolute atomic E-state index is 13.2. The van der Waals surface area contributed by atoms with Crippen molar-refractivity contribution in [1.82, 2.24) is 10.3 Å². The molecule has 0 atom stereocenters. The first kappa shape index (κ1) is 10.8. The van der Waals surface area contributed by atoms with Gasteiger partial charge < -0.3 is 9.73 Å². The Morgan fingerprint density at radius 3 is 2.94 bits per heavy atom. The molecule has 1 N–H and O–H groups in total. The zero-order valence-corrected chi connectivity index (χ0v) is 9.03. The largest absolute Gasteiger partial charge is 0.468 e. The average Bonchev–Trinajstić information content (AvgIpc) is 2.67. The smallest absolute Gasteiger partial charge is 0.146 e. The maximum atomic E-state index is 13.2. The zero-order valence-electron chi connectivity index (χ0n) is 9.03. The summed E-state index contributed by atoms with van der Waals surface area (Å²) in [4.78, 5) is 3.95. The highest BCUT2D eigenvalue weighted by molar-refractivity contribution is 5.14. The molecular weight excluding hydrogens is 207 g/mol. The van der Waals surface area contributed by atoms with E-state index in [1.807, 2.05) is 13.0 Å². The number of hydrogen-bond donors (Lipinski definition) is 1. The van der Waals surface area contributed by atoms with Gasteiger partial charge in [-0.25, -0.2) is 4.39 Å². The fourth-order valence-electron chi connectivity index (χ4n) is 1.43. The molecular formula is C12H13FN2O. The van der Waals surface area contributed by atoms with Crippen molar-refractivity contribution in [2.75, 3.05) is 0 Å². The van der Waals surface area contributed by atoms with Crippen LogP contribution in [-0.4, -0.2) is 4.98 Å². The van der Waals surface area contributed by atoms with Gasteiger partial charge in [-0.1, -0.05) is 0 Å². The zero-order chi connectivity index (χ0) is 11.4. The van der Waals surface area contributed by atoms with Crippen molar-refractivity contribution in [1.29, 1.82) is 0 Å². The summed E-state index contributed by atoms with van der Waals surface area (Å²) in [6, 6.07) is 4.88. The third-order valence-corrected chi connectivity index (χ3v) is 2.38. The lowest BCUT2D eigenvalue weighted by Gasteiger charge is -2.03. The van der Waals surface area contributed by atoms with Crippen LogP contribution in [0.1, 0.15) is 17.0 Å². The van der Waals surface area contributed by atoms with Crippen molar-refractivity contribution in [3.05, 3.63) is 53.5 Å². The summed E-state index contributed by atoms with van der Waals surface area (Å²) in [5.74, 6) is 0.586. The van der Waals surface area contributed by atoms with E-state index in [9.17, 15) is 4.39 Å². The van der Waals surface area contributed by atoms with Crippen molar-refractivity contribution in [3.63, 3.8) is 0 Å². The van der Waals surface area contributed by atoms with Gasteiger partial charge >= 0.3 is 0 Å². The van der Waals surface area contributed by atoms with Gasteiger partial charge in [0, 0.05) is 12.7 Å². The maximum Gasteiger partial charge on any atom is 0.146 e. The summed E-state index contributed by atoms with van der Waals surface area (Å²) in [5.41, 5.74) is 1.51. The molecule has 0 aromatic carbocycles. The molecule has 0 saturated carbocycles. The first-order chi connectivity index (χ1) is 7.77. The second-order valence-corrected chi connectivity index (χ2v) is 3.56. The molecule has 2 rings (SSSR count). The Bertz CT molecular complexity index is 468. The highest BCUT2D eigenvalue weighted by Gasteiger charge is 2.04. The van der Waals surface area contributed by atoms with Gasteiger partial charge in [0.2, 0.25) is 0 Å². The van der Waals surface area contributed by atoms with E-state index < -0.39 is 0 Å². The van der Waals surface area contributed by atoms with Crippen molar-refractivity contribution in [3.8, 4) is 0 Å². The molecule has 0 spiro atoms. The molecule has 2 heterocycles. The number of nitrogens with zero attached hydrogens (tertiary/aromatic N) is 1. The Balaban J connectivity index is 1.89. The minimum absolute atomic E-state index is 0.286. The first-order valence-electron chi connectivity index (χ1n) is 5.10. The molecule has 0 radical (unpaired) electrons. The molecule has 4 heteroatoms. The lowest BCUT2D eigenvalue weighted by Crippen LogP contribution is -2.14. The van der Waals surface area contributed by atoms with Gasteiger partial charge in [0.1, 0.15) is 11.6 Å². The minimum Gasteiger partial charge on any atom is -0.468 e. The number of furan rings is 1. The van der Waals surface area contributed by atoms with E-state index in [2.05, 4.69) is 10.3 Å². The fraction of sp³-hybridized carbons (Fsp3) is 0.250. The highest BCUT2D eigenvalue weighted by atomic mass is 19.1. The molecule has 0 amide bonds. The van der Waals surface area contributed by atoms with Crippen LogP contribution in [0.15, 0.2) is 35.1 Å². The molecule has 16 heavy (non-hydrogen) atoms. The van der Waals surface area contributed by atoms with Crippen molar-refractivity contribution >= 4 is 0 Å². The number of nitrogens with one attached hydrogen (secondary N) is 1. The number of pyridine rings is 1. The van der Waals surface area contributed by atoms with Crippen LogP contribution < -0.4 is 5.32 Å². The van der Waals surface area contributed by atoms with E-state index in [-0.39, 0.29) is 5.82 Å². The van der Waals surface area contributed by atoms with Gasteiger partial charge in [-0.05, 0) is 30.7 Å². The van der Waals surface area contributed by atoms with Crippen LogP contribution in [0.4, 0.5) is 4.39 Å². The quantitative estimate of drug-likeness (QED) is 0.859. The van der Waals surface area contributed by atoms with Crippen molar-refractivity contribution in [2.24, 2.45) is 0 Å². The third kappa shape index (κ3) is 2.46. The molecule has 84 valence electrons. The Morgan fingerprint density at radius 1 is 1.38 bits per heavy atom. The number of aromatic nitrogens is 1. The molecule has 0 aliphatic rings. The SMILES string of the molecule is Cc1ccoc1CNCc1ncccc1F. The Labute approximate surface area is 93.3 Å². The number of aryl methyl sites for hydroxylation is 1. The Morgan fingerprint density at radius 2 is 2.25 bits per heavy atom. The molecule has 0 aliphatic carbocycles. The van der Waals surface area contributed by atoms with Crippen LogP contribution >= 0.6 is 0 Å². The van der Waals surface area contributed by atoms with Gasteiger partial charge in [-0.3, -0.25) is 4.98 Å². The summed E-state index contributed by atoms with van der Waals surface area (Å²) in [6.45, 7) is 2.95. The van der Waals surface area contributed by atoms with Crippen molar-refractivity contribution < 1.29 is 8.81 Å². The monoisotopic (exact) mass is 220 g/mol. The number of hydrogen-bond acceptors (Lipinski definition) is 3. The van der Waals surface area contributed by atoms with E-state index in [4.69, 9.17) is 4.42 Å². The van der Waals surface area contributed by atoms with Crippen LogP contribution in [0.25, 0.3) is 0 Å². The predicted molar refractivity (Wildman–Crippen MR) is 58.2 cm³/mol. The predicted octanol–water partition coefficient (Wildman–Crippen LogP) is 2.41. The second kappa shape index (κ2) is 4.90. The molecule has 0 saturated heterocycles. The highest BCUT2D eigenvalue weighted by Crippen LogP contribution is 2.08. The van der Waals surface area contributed by atoms with E-state index in [0.29, 0.717) is 18.8 Å². The van der Waals surface area contributed by atoms with E-state index in [0.717, 1.165) is 11.3 Å². The molecule has 0 unspecified atom stereocenters. The molecule has 0 aliphatic heterocycles. The number of rotatable bonds is 4. The van der Waals surface area contributed by atoms with Crippen LogP contribution in [0.2, 0.25) is 0 Å². The topological polar surface area (TPSA) is 38.1 Å². The van der Waals surface area contributed by atoms with Crippen LogP contribution in [0, 0.1) is 12.7 Å². The summed E-state index contributed by atoms with van der Waals surface area (Å²) in [6.07, 6.45) is 3.23. The molecule has 0 fully saturated rings. The van der Waals surface area contributed by atoms with Gasteiger partial charge in [0.05, 0.1) is 18.5 Å². The normalized spacial score (nSPS) is 10.6. The molecule has 2 aromatic rings. The fourth-order valence-corrected chi connectivity index (χ4v) is 1.43. The summed E-state index contributed by atoms with van der Waals surface area (Å²) in [5, 5.41) is 3.09. The Hall–Kier alpha value is -1.68. The summed E-state index contributed by atoms with van der Waals surface area (Å²) >= 11 is 0. The minimum atomic E-state index is -0.286. The lowest BCUT2D eigenvalue weighted by molar-refractivity contribution is 0.474. The van der Waals surface area contributed by atoms with Gasteiger partial charge in [0.15, 0.2) is 0 Å².